The van der Waals surface area contributed by atoms with Gasteiger partial charge in [-0.15, -0.1) is 0 Å². The van der Waals surface area contributed by atoms with Crippen LogP contribution in [0.1, 0.15) is 55.4 Å². The zero-order valence-corrected chi connectivity index (χ0v) is 27.0. The van der Waals surface area contributed by atoms with Crippen LogP contribution in [0.15, 0.2) is 60.7 Å². The first kappa shape index (κ1) is 33.7. The molecule has 3 N–H and O–H groups in total. The number of aliphatic hydroxyl groups excluding tert-OH is 2. The molecule has 1 aliphatic heterocycles. The lowest BCUT2D eigenvalue weighted by atomic mass is 9.96. The Balaban J connectivity index is 2.35. The Morgan fingerprint density at radius 2 is 1.45 bits per heavy atom. The van der Waals surface area contributed by atoms with Crippen LogP contribution in [0.25, 0.3) is 0 Å². The van der Waals surface area contributed by atoms with Crippen molar-refractivity contribution >= 4 is 30.8 Å². The van der Waals surface area contributed by atoms with Gasteiger partial charge in [0.15, 0.2) is 17.6 Å². The second-order valence-corrected chi connectivity index (χ2v) is 17.2. The van der Waals surface area contributed by atoms with E-state index in [4.69, 9.17) is 23.4 Å². The van der Waals surface area contributed by atoms with Gasteiger partial charge in [-0.05, 0) is 50.0 Å². The van der Waals surface area contributed by atoms with Crippen molar-refractivity contribution in [3.63, 3.8) is 0 Å². The number of hydrogen-bond donors (Lipinski definition) is 3. The number of alkyl carbamates (subject to hydrolysis) is 1. The SMILES string of the molecule is COC(=O)[C@@H](O)[C@H](O)[C@H]1OC(C)(C)OC[C@@]1(NC(=O)OC(C)(C)C)O[Si](c1ccccc1)(c1ccccc1)C(C)(C)C. The lowest BCUT2D eigenvalue weighted by Crippen LogP contribution is -2.79. The summed E-state index contributed by atoms with van der Waals surface area (Å²) < 4.78 is 30.0. The number of methoxy groups -OCH3 is 1. The Morgan fingerprint density at radius 1 is 0.952 bits per heavy atom. The lowest BCUT2D eigenvalue weighted by Gasteiger charge is -2.55. The predicted octanol–water partition coefficient (Wildman–Crippen LogP) is 2.83. The third-order valence-electron chi connectivity index (χ3n) is 7.05. The average Bonchev–Trinajstić information content (AvgIpc) is 2.91. The maximum atomic E-state index is 13.5. The van der Waals surface area contributed by atoms with Crippen LogP contribution in [0.3, 0.4) is 0 Å². The smallest absolute Gasteiger partial charge is 0.410 e. The van der Waals surface area contributed by atoms with Gasteiger partial charge in [0.2, 0.25) is 0 Å². The van der Waals surface area contributed by atoms with Gasteiger partial charge in [-0.1, -0.05) is 81.4 Å². The number of aliphatic hydroxyl groups is 2. The molecule has 0 bridgehead atoms. The molecule has 0 unspecified atom stereocenters. The zero-order valence-electron chi connectivity index (χ0n) is 26.0. The molecule has 232 valence electrons. The highest BCUT2D eigenvalue weighted by atomic mass is 28.4. The molecule has 11 heteroatoms. The van der Waals surface area contributed by atoms with Crippen LogP contribution >= 0.6 is 0 Å². The third-order valence-corrected chi connectivity index (χ3v) is 12.1. The normalized spacial score (nSPS) is 22.5. The van der Waals surface area contributed by atoms with E-state index in [1.165, 1.54) is 0 Å². The average molecular weight is 604 g/mol. The molecule has 1 heterocycles. The summed E-state index contributed by atoms with van der Waals surface area (Å²) in [5.41, 5.74) is -2.82. The van der Waals surface area contributed by atoms with E-state index < -0.39 is 60.8 Å². The van der Waals surface area contributed by atoms with Gasteiger partial charge in [-0.25, -0.2) is 9.59 Å². The van der Waals surface area contributed by atoms with Gasteiger partial charge < -0.3 is 33.6 Å². The van der Waals surface area contributed by atoms with E-state index in [0.29, 0.717) is 0 Å². The number of rotatable bonds is 8. The second-order valence-electron chi connectivity index (χ2n) is 13.0. The molecule has 1 amide bonds. The number of carbonyl (C=O) groups excluding carboxylic acids is 2. The first-order valence-corrected chi connectivity index (χ1v) is 15.9. The minimum Gasteiger partial charge on any atom is -0.467 e. The Labute approximate surface area is 249 Å². The van der Waals surface area contributed by atoms with Gasteiger partial charge in [0.1, 0.15) is 17.8 Å². The summed E-state index contributed by atoms with van der Waals surface area (Å²) in [5.74, 6) is -2.36. The topological polar surface area (TPSA) is 133 Å². The maximum absolute atomic E-state index is 13.5. The molecule has 0 aliphatic carbocycles. The summed E-state index contributed by atoms with van der Waals surface area (Å²) in [7, 11) is -2.38. The molecule has 0 spiro atoms. The van der Waals surface area contributed by atoms with Crippen LogP contribution in [0.2, 0.25) is 5.04 Å². The number of benzene rings is 2. The maximum Gasteiger partial charge on any atom is 0.410 e. The van der Waals surface area contributed by atoms with Crippen molar-refractivity contribution in [2.24, 2.45) is 0 Å². The number of nitrogens with one attached hydrogen (secondary N) is 1. The molecule has 0 aromatic heterocycles. The van der Waals surface area contributed by atoms with Crippen LogP contribution in [-0.2, 0) is 28.2 Å². The van der Waals surface area contributed by atoms with Crippen LogP contribution < -0.4 is 15.7 Å². The molecule has 1 aliphatic rings. The van der Waals surface area contributed by atoms with E-state index in [1.807, 2.05) is 81.4 Å². The number of ether oxygens (including phenoxy) is 4. The number of esters is 1. The summed E-state index contributed by atoms with van der Waals surface area (Å²) in [6.07, 6.45) is -6.29. The lowest BCUT2D eigenvalue weighted by molar-refractivity contribution is -0.352. The van der Waals surface area contributed by atoms with Crippen molar-refractivity contribution in [3.8, 4) is 0 Å². The fourth-order valence-corrected chi connectivity index (χ4v) is 9.89. The van der Waals surface area contributed by atoms with Gasteiger partial charge in [0.05, 0.1) is 13.7 Å². The van der Waals surface area contributed by atoms with E-state index in [-0.39, 0.29) is 6.61 Å². The standard InChI is InChI=1S/C31H45NO9Si/c1-28(2,3)40-27(36)32-31(20-38-30(7,8)39-25(31)23(33)24(34)26(35)37-9)41-42(29(4,5)6,21-16-12-10-13-17-21)22-18-14-11-15-19-22/h10-19,23-25,33-34H,20H2,1-9H3,(H,32,36)/t23-,24-,25+,31+/m0/s1. The minimum atomic E-state index is -3.48. The van der Waals surface area contributed by atoms with E-state index in [1.54, 1.807) is 34.6 Å². The molecule has 4 atom stereocenters. The molecule has 10 nitrogen and oxygen atoms in total. The number of amides is 1. The van der Waals surface area contributed by atoms with Gasteiger partial charge in [0, 0.05) is 0 Å². The summed E-state index contributed by atoms with van der Waals surface area (Å²) in [5, 5.41) is 26.3. The molecule has 2 aromatic rings. The summed E-state index contributed by atoms with van der Waals surface area (Å²) in [4.78, 5) is 25.9. The zero-order chi connectivity index (χ0) is 31.6. The minimum absolute atomic E-state index is 0.306. The highest BCUT2D eigenvalue weighted by Gasteiger charge is 2.62. The molecular formula is C31H45NO9Si. The van der Waals surface area contributed by atoms with Gasteiger partial charge in [-0.3, -0.25) is 5.32 Å². The van der Waals surface area contributed by atoms with Crippen LogP contribution in [0.5, 0.6) is 0 Å². The first-order valence-electron chi connectivity index (χ1n) is 14.0. The highest BCUT2D eigenvalue weighted by molar-refractivity contribution is 6.99. The van der Waals surface area contributed by atoms with Crippen molar-refractivity contribution in [3.05, 3.63) is 60.7 Å². The molecule has 3 rings (SSSR count). The highest BCUT2D eigenvalue weighted by Crippen LogP contribution is 2.43. The van der Waals surface area contributed by atoms with E-state index in [2.05, 4.69) is 5.32 Å². The third kappa shape index (κ3) is 7.21. The fourth-order valence-electron chi connectivity index (χ4n) is 5.19. The van der Waals surface area contributed by atoms with E-state index in [9.17, 15) is 19.8 Å². The molecule has 1 fully saturated rings. The molecule has 0 saturated carbocycles. The summed E-state index contributed by atoms with van der Waals surface area (Å²) >= 11 is 0. The van der Waals surface area contributed by atoms with Crippen LogP contribution in [0.4, 0.5) is 4.79 Å². The number of carbonyl (C=O) groups is 2. The molecule has 1 saturated heterocycles. The Kier molecular flexibility index (Phi) is 9.98. The molecular weight excluding hydrogens is 558 g/mol. The Morgan fingerprint density at radius 3 is 1.88 bits per heavy atom. The first-order chi connectivity index (χ1) is 19.4. The summed E-state index contributed by atoms with van der Waals surface area (Å²) in [6.45, 7) is 14.2. The van der Waals surface area contributed by atoms with Crippen molar-refractivity contribution in [2.75, 3.05) is 13.7 Å². The Bertz CT molecular complexity index is 1170. The quantitative estimate of drug-likeness (QED) is 0.237. The monoisotopic (exact) mass is 603 g/mol. The van der Waals surface area contributed by atoms with Crippen molar-refractivity contribution in [1.29, 1.82) is 0 Å². The van der Waals surface area contributed by atoms with Crippen molar-refractivity contribution in [1.82, 2.24) is 5.32 Å². The molecule has 42 heavy (non-hydrogen) atoms. The van der Waals surface area contributed by atoms with Crippen molar-refractivity contribution < 1.29 is 43.2 Å². The van der Waals surface area contributed by atoms with Crippen LogP contribution in [-0.4, -0.2) is 79.7 Å². The molecule has 0 radical (unpaired) electrons. The number of hydrogen-bond acceptors (Lipinski definition) is 9. The second kappa shape index (κ2) is 12.4. The van der Waals surface area contributed by atoms with E-state index >= 15 is 0 Å². The van der Waals surface area contributed by atoms with Crippen LogP contribution in [0, 0.1) is 0 Å². The van der Waals surface area contributed by atoms with Gasteiger partial charge >= 0.3 is 12.1 Å². The van der Waals surface area contributed by atoms with E-state index in [0.717, 1.165) is 17.5 Å². The molecule has 2 aromatic carbocycles. The largest absolute Gasteiger partial charge is 0.467 e. The Hall–Kier alpha value is -2.80. The predicted molar refractivity (Wildman–Crippen MR) is 160 cm³/mol. The summed E-state index contributed by atoms with van der Waals surface area (Å²) in [6, 6.07) is 19.3. The van der Waals surface area contributed by atoms with Crippen molar-refractivity contribution in [2.45, 2.75) is 95.9 Å². The fraction of sp³-hybridized carbons (Fsp3) is 0.548. The van der Waals surface area contributed by atoms with Gasteiger partial charge in [0.25, 0.3) is 8.32 Å². The van der Waals surface area contributed by atoms with Gasteiger partial charge in [-0.2, -0.15) is 0 Å².